The van der Waals surface area contributed by atoms with Crippen molar-refractivity contribution in [3.8, 4) is 0 Å². The molecule has 2 aromatic rings. The molecule has 0 spiro atoms. The molecule has 0 radical (unpaired) electrons. The van der Waals surface area contributed by atoms with Gasteiger partial charge in [-0.25, -0.2) is 0 Å². The van der Waals surface area contributed by atoms with E-state index < -0.39 is 5.60 Å². The molecule has 2 bridgehead atoms. The van der Waals surface area contributed by atoms with Crippen molar-refractivity contribution in [1.82, 2.24) is 4.98 Å². The molecule has 0 aliphatic carbocycles. The summed E-state index contributed by atoms with van der Waals surface area (Å²) in [6, 6.07) is 17.4. The zero-order valence-corrected chi connectivity index (χ0v) is 17.3. The Kier molecular flexibility index (Phi) is 5.57. The van der Waals surface area contributed by atoms with E-state index >= 15 is 0 Å². The van der Waals surface area contributed by atoms with Gasteiger partial charge in [0.25, 0.3) is 0 Å². The molecule has 2 aliphatic rings. The fourth-order valence-corrected chi connectivity index (χ4v) is 5.27. The van der Waals surface area contributed by atoms with Crippen LogP contribution in [0.25, 0.3) is 0 Å². The Morgan fingerprint density at radius 2 is 1.62 bits per heavy atom. The molecule has 3 nitrogen and oxygen atoms in total. The van der Waals surface area contributed by atoms with Gasteiger partial charge in [0, 0.05) is 31.9 Å². The van der Waals surface area contributed by atoms with E-state index in [-0.39, 0.29) is 17.0 Å². The monoisotopic (exact) mass is 416 g/mol. The maximum absolute atomic E-state index is 11.8. The number of piperidine rings is 1. The van der Waals surface area contributed by atoms with Gasteiger partial charge >= 0.3 is 0 Å². The molecule has 1 aromatic heterocycles. The number of hydrogen-bond donors (Lipinski definition) is 1. The minimum Gasteiger partial charge on any atom is -1.00 e. The third kappa shape index (κ3) is 3.35. The maximum Gasteiger partial charge on any atom is 0.132 e. The summed E-state index contributed by atoms with van der Waals surface area (Å²) in [5.74, 6) is 0.552. The van der Waals surface area contributed by atoms with Gasteiger partial charge in [-0.3, -0.25) is 4.98 Å². The number of benzene rings is 1. The number of aliphatic hydroxyl groups is 1. The Morgan fingerprint density at radius 3 is 2.19 bits per heavy atom. The lowest BCUT2D eigenvalue weighted by Crippen LogP contribution is -3.00. The van der Waals surface area contributed by atoms with E-state index in [9.17, 15) is 5.11 Å². The lowest BCUT2D eigenvalue weighted by Gasteiger charge is -2.45. The van der Waals surface area contributed by atoms with E-state index in [1.807, 2.05) is 48.5 Å². The Morgan fingerprint density at radius 1 is 1.00 bits per heavy atom. The minimum absolute atomic E-state index is 0. The molecule has 4 heteroatoms. The number of pyridine rings is 1. The second-order valence-electron chi connectivity index (χ2n) is 8.50. The van der Waals surface area contributed by atoms with Crippen LogP contribution in [0.3, 0.4) is 0 Å². The van der Waals surface area contributed by atoms with Crippen LogP contribution in [0.4, 0.5) is 0 Å². The predicted molar refractivity (Wildman–Crippen MR) is 99.9 cm³/mol. The summed E-state index contributed by atoms with van der Waals surface area (Å²) in [4.78, 5) is 4.52. The molecule has 2 fully saturated rings. The second kappa shape index (κ2) is 7.41. The van der Waals surface area contributed by atoms with Gasteiger partial charge in [0.15, 0.2) is 0 Å². The summed E-state index contributed by atoms with van der Waals surface area (Å²) in [7, 11) is 4.78. The van der Waals surface area contributed by atoms with E-state index in [1.165, 1.54) is 30.2 Å². The average Bonchev–Trinajstić information content (AvgIpc) is 2.80. The molecule has 4 atom stereocenters. The fourth-order valence-electron chi connectivity index (χ4n) is 5.27. The molecule has 2 aliphatic heterocycles. The van der Waals surface area contributed by atoms with E-state index in [4.69, 9.17) is 0 Å². The lowest BCUT2D eigenvalue weighted by molar-refractivity contribution is -0.931. The number of quaternary nitrogens is 1. The van der Waals surface area contributed by atoms with Gasteiger partial charge < -0.3 is 26.6 Å². The summed E-state index contributed by atoms with van der Waals surface area (Å²) >= 11 is 0. The molecule has 26 heavy (non-hydrogen) atoms. The Bertz CT molecular complexity index is 664. The zero-order valence-electron chi connectivity index (χ0n) is 15.7. The molecule has 3 heterocycles. The van der Waals surface area contributed by atoms with Gasteiger partial charge in [0.05, 0.1) is 31.9 Å². The number of hydrogen-bond acceptors (Lipinski definition) is 2. The molecule has 0 saturated carbocycles. The summed E-state index contributed by atoms with van der Waals surface area (Å²) in [5, 5.41) is 11.8. The zero-order chi connectivity index (χ0) is 17.5. The van der Waals surface area contributed by atoms with Crippen LogP contribution in [0.15, 0.2) is 54.7 Å². The average molecular weight is 417 g/mol. The van der Waals surface area contributed by atoms with Gasteiger partial charge in [0.1, 0.15) is 5.60 Å². The number of aromatic nitrogens is 1. The highest BCUT2D eigenvalue weighted by Crippen LogP contribution is 2.46. The first-order chi connectivity index (χ1) is 12.0. The third-order valence-electron chi connectivity index (χ3n) is 6.85. The minimum atomic E-state index is -0.999. The fraction of sp³-hybridized carbons (Fsp3) is 0.500. The Balaban J connectivity index is 0.00000196. The largest absolute Gasteiger partial charge is 1.00 e. The summed E-state index contributed by atoms with van der Waals surface area (Å²) in [6.07, 6.45) is 7.65. The predicted octanol–water partition coefficient (Wildman–Crippen LogP) is 0.729. The molecular formula is C22H29BrN2O. The molecule has 2 saturated heterocycles. The molecule has 0 amide bonds. The van der Waals surface area contributed by atoms with Crippen molar-refractivity contribution >= 4 is 0 Å². The van der Waals surface area contributed by atoms with Gasteiger partial charge in [0.2, 0.25) is 0 Å². The number of rotatable bonds is 4. The first kappa shape index (κ1) is 19.5. The highest BCUT2D eigenvalue weighted by atomic mass is 79.9. The van der Waals surface area contributed by atoms with Crippen LogP contribution < -0.4 is 17.0 Å². The quantitative estimate of drug-likeness (QED) is 0.745. The van der Waals surface area contributed by atoms with Gasteiger partial charge in [-0.05, 0) is 30.0 Å². The number of fused-ring (bicyclic) bond motifs is 2. The van der Waals surface area contributed by atoms with Crippen molar-refractivity contribution in [2.75, 3.05) is 14.1 Å². The molecular weight excluding hydrogens is 388 g/mol. The summed E-state index contributed by atoms with van der Waals surface area (Å²) in [5.41, 5.74) is 0.731. The van der Waals surface area contributed by atoms with Crippen molar-refractivity contribution in [2.24, 2.45) is 5.92 Å². The summed E-state index contributed by atoms with van der Waals surface area (Å²) in [6.45, 7) is 0. The first-order valence-corrected chi connectivity index (χ1v) is 9.53. The number of nitrogens with zero attached hydrogens (tertiary/aromatic N) is 2. The number of halogens is 1. The van der Waals surface area contributed by atoms with Crippen LogP contribution in [0.2, 0.25) is 0 Å². The van der Waals surface area contributed by atoms with Crippen LogP contribution >= 0.6 is 0 Å². The van der Waals surface area contributed by atoms with Crippen molar-refractivity contribution in [3.63, 3.8) is 0 Å². The van der Waals surface area contributed by atoms with Crippen LogP contribution in [-0.4, -0.2) is 40.8 Å². The van der Waals surface area contributed by atoms with Crippen molar-refractivity contribution in [3.05, 3.63) is 66.0 Å². The SMILES string of the molecule is C[N+]1(C)[C@@H]2CC[C@H]1C[C@@H](CC(O)(c1ccccc1)c1ccccn1)C2.[Br-]. The topological polar surface area (TPSA) is 33.1 Å². The van der Waals surface area contributed by atoms with Gasteiger partial charge in [-0.15, -0.1) is 0 Å². The van der Waals surface area contributed by atoms with E-state index in [0.29, 0.717) is 5.92 Å². The van der Waals surface area contributed by atoms with Gasteiger partial charge in [-0.1, -0.05) is 36.4 Å². The van der Waals surface area contributed by atoms with E-state index in [1.54, 1.807) is 6.20 Å². The molecule has 1 aromatic carbocycles. The second-order valence-corrected chi connectivity index (χ2v) is 8.50. The van der Waals surface area contributed by atoms with Gasteiger partial charge in [-0.2, -0.15) is 0 Å². The van der Waals surface area contributed by atoms with Crippen LogP contribution in [0.5, 0.6) is 0 Å². The lowest BCUT2D eigenvalue weighted by atomic mass is 9.76. The van der Waals surface area contributed by atoms with Crippen molar-refractivity contribution < 1.29 is 26.6 Å². The Labute approximate surface area is 167 Å². The summed E-state index contributed by atoms with van der Waals surface area (Å²) < 4.78 is 1.17. The molecule has 1 N–H and O–H groups in total. The highest BCUT2D eigenvalue weighted by molar-refractivity contribution is 5.32. The first-order valence-electron chi connectivity index (χ1n) is 9.53. The van der Waals surface area contributed by atoms with E-state index in [2.05, 4.69) is 19.1 Å². The van der Waals surface area contributed by atoms with Crippen LogP contribution in [0.1, 0.15) is 43.4 Å². The molecule has 4 rings (SSSR count). The molecule has 1 unspecified atom stereocenters. The van der Waals surface area contributed by atoms with E-state index in [0.717, 1.165) is 29.8 Å². The smallest absolute Gasteiger partial charge is 0.132 e. The van der Waals surface area contributed by atoms with Crippen LogP contribution in [-0.2, 0) is 5.60 Å². The maximum atomic E-state index is 11.8. The van der Waals surface area contributed by atoms with Crippen molar-refractivity contribution in [2.45, 2.75) is 49.8 Å². The normalized spacial score (nSPS) is 28.8. The standard InChI is InChI=1S/C22H29N2O.BrH/c1-24(2)19-11-12-20(24)15-17(14-19)16-22(25,18-8-4-3-5-9-18)21-10-6-7-13-23-21;/h3-10,13,17,19-20,25H,11-12,14-16H2,1-2H3;1H/q+1;/p-1/t17-,19+,20-,22?;. The molecule has 140 valence electrons. The third-order valence-corrected chi connectivity index (χ3v) is 6.85. The Hall–Kier alpha value is -1.23. The van der Waals surface area contributed by atoms with Crippen molar-refractivity contribution in [1.29, 1.82) is 0 Å². The van der Waals surface area contributed by atoms with Crippen LogP contribution in [0, 0.1) is 5.92 Å². The highest BCUT2D eigenvalue weighted by Gasteiger charge is 2.50.